The second-order valence-electron chi connectivity index (χ2n) is 7.55. The summed E-state index contributed by atoms with van der Waals surface area (Å²) in [5.41, 5.74) is 2.97. The average Bonchev–Trinajstić information content (AvgIpc) is 2.93. The zero-order valence-corrected chi connectivity index (χ0v) is 16.8. The molecule has 0 saturated heterocycles. The molecule has 0 N–H and O–H groups in total. The van der Waals surface area contributed by atoms with E-state index in [1.54, 1.807) is 0 Å². The van der Waals surface area contributed by atoms with Crippen LogP contribution in [0.5, 0.6) is 0 Å². The Kier molecular flexibility index (Phi) is 5.85. The molecule has 27 heavy (non-hydrogen) atoms. The molecule has 5 heteroatoms. The van der Waals surface area contributed by atoms with E-state index in [2.05, 4.69) is 24.5 Å². The maximum atomic E-state index is 12.0. The molecule has 0 aliphatic carbocycles. The van der Waals surface area contributed by atoms with Crippen molar-refractivity contribution < 1.29 is 9.53 Å². The van der Waals surface area contributed by atoms with E-state index in [-0.39, 0.29) is 11.4 Å². The van der Waals surface area contributed by atoms with Gasteiger partial charge >= 0.3 is 5.97 Å². The Bertz CT molecular complexity index is 929. The first-order valence-electron chi connectivity index (χ1n) is 9.22. The summed E-state index contributed by atoms with van der Waals surface area (Å²) < 4.78 is 7.36. The van der Waals surface area contributed by atoms with Crippen LogP contribution >= 0.6 is 11.6 Å². The molecule has 0 atom stereocenters. The lowest BCUT2D eigenvalue weighted by Crippen LogP contribution is -2.23. The SMILES string of the molecule is CCOC(=O)CC(C)(C)Cc1nc2ccccc2n1Cc1ccc(Cl)cc1. The summed E-state index contributed by atoms with van der Waals surface area (Å²) in [6, 6.07) is 16.0. The van der Waals surface area contributed by atoms with Crippen LogP contribution in [0.3, 0.4) is 0 Å². The van der Waals surface area contributed by atoms with Gasteiger partial charge in [-0.2, -0.15) is 0 Å². The Morgan fingerprint density at radius 1 is 1.15 bits per heavy atom. The summed E-state index contributed by atoms with van der Waals surface area (Å²) in [6.45, 7) is 7.11. The van der Waals surface area contributed by atoms with Gasteiger partial charge in [0.1, 0.15) is 5.82 Å². The van der Waals surface area contributed by atoms with Crippen molar-refractivity contribution in [3.8, 4) is 0 Å². The van der Waals surface area contributed by atoms with Crippen LogP contribution in [-0.2, 0) is 22.5 Å². The van der Waals surface area contributed by atoms with E-state index in [0.29, 0.717) is 26.0 Å². The predicted octanol–water partition coefficient (Wildman–Crippen LogP) is 5.26. The molecule has 0 amide bonds. The molecule has 1 aromatic heterocycles. The fourth-order valence-corrected chi connectivity index (χ4v) is 3.43. The zero-order chi connectivity index (χ0) is 19.4. The van der Waals surface area contributed by atoms with Crippen LogP contribution in [-0.4, -0.2) is 22.1 Å². The topological polar surface area (TPSA) is 44.1 Å². The minimum absolute atomic E-state index is 0.164. The van der Waals surface area contributed by atoms with Crippen LogP contribution in [0.2, 0.25) is 5.02 Å². The van der Waals surface area contributed by atoms with Gasteiger partial charge in [-0.05, 0) is 42.2 Å². The van der Waals surface area contributed by atoms with E-state index in [4.69, 9.17) is 21.3 Å². The second-order valence-corrected chi connectivity index (χ2v) is 7.99. The minimum Gasteiger partial charge on any atom is -0.466 e. The van der Waals surface area contributed by atoms with E-state index in [0.717, 1.165) is 27.4 Å². The lowest BCUT2D eigenvalue weighted by Gasteiger charge is -2.23. The smallest absolute Gasteiger partial charge is 0.306 e. The highest BCUT2D eigenvalue weighted by Gasteiger charge is 2.26. The lowest BCUT2D eigenvalue weighted by atomic mass is 9.85. The number of para-hydroxylation sites is 2. The highest BCUT2D eigenvalue weighted by atomic mass is 35.5. The van der Waals surface area contributed by atoms with Gasteiger partial charge < -0.3 is 9.30 Å². The molecule has 0 aliphatic rings. The normalized spacial score (nSPS) is 11.7. The number of esters is 1. The van der Waals surface area contributed by atoms with Gasteiger partial charge in [-0.15, -0.1) is 0 Å². The first kappa shape index (κ1) is 19.4. The molecule has 3 rings (SSSR count). The molecule has 142 valence electrons. The number of halogens is 1. The Hall–Kier alpha value is -2.33. The summed E-state index contributed by atoms with van der Waals surface area (Å²) in [5.74, 6) is 0.809. The number of hydrogen-bond donors (Lipinski definition) is 0. The van der Waals surface area contributed by atoms with Crippen LogP contribution in [0.4, 0.5) is 0 Å². The third kappa shape index (κ3) is 4.89. The number of aromatic nitrogens is 2. The average molecular weight is 385 g/mol. The second kappa shape index (κ2) is 8.13. The van der Waals surface area contributed by atoms with Crippen LogP contribution in [0.25, 0.3) is 11.0 Å². The molecular weight excluding hydrogens is 360 g/mol. The molecule has 0 fully saturated rings. The van der Waals surface area contributed by atoms with Crippen LogP contribution in [0.15, 0.2) is 48.5 Å². The number of carbonyl (C=O) groups is 1. The van der Waals surface area contributed by atoms with E-state index < -0.39 is 0 Å². The van der Waals surface area contributed by atoms with Gasteiger partial charge in [0.05, 0.1) is 24.1 Å². The van der Waals surface area contributed by atoms with Crippen molar-refractivity contribution in [3.63, 3.8) is 0 Å². The third-order valence-corrected chi connectivity index (χ3v) is 4.80. The standard InChI is InChI=1S/C22H25ClN2O2/c1-4-27-21(26)14-22(2,3)13-20-24-18-7-5-6-8-19(18)25(20)15-16-9-11-17(23)12-10-16/h5-12H,4,13-15H2,1-3H3. The number of ether oxygens (including phenoxy) is 1. The van der Waals surface area contributed by atoms with Crippen molar-refractivity contribution in [1.29, 1.82) is 0 Å². The van der Waals surface area contributed by atoms with E-state index >= 15 is 0 Å². The fraction of sp³-hybridized carbons (Fsp3) is 0.364. The highest BCUT2D eigenvalue weighted by Crippen LogP contribution is 2.29. The maximum absolute atomic E-state index is 12.0. The van der Waals surface area contributed by atoms with Gasteiger partial charge in [0.2, 0.25) is 0 Å². The number of rotatable bonds is 7. The van der Waals surface area contributed by atoms with E-state index in [9.17, 15) is 4.79 Å². The van der Waals surface area contributed by atoms with Gasteiger partial charge in [0.15, 0.2) is 0 Å². The molecule has 0 bridgehead atoms. The quantitative estimate of drug-likeness (QED) is 0.522. The molecule has 3 aromatic rings. The molecule has 0 saturated carbocycles. The van der Waals surface area contributed by atoms with Crippen LogP contribution in [0.1, 0.15) is 38.6 Å². The van der Waals surface area contributed by atoms with Gasteiger partial charge in [-0.3, -0.25) is 4.79 Å². The monoisotopic (exact) mass is 384 g/mol. The minimum atomic E-state index is -0.245. The Morgan fingerprint density at radius 2 is 1.85 bits per heavy atom. The maximum Gasteiger partial charge on any atom is 0.306 e. The predicted molar refractivity (Wildman–Crippen MR) is 109 cm³/mol. The van der Waals surface area contributed by atoms with Gasteiger partial charge in [-0.25, -0.2) is 4.98 Å². The van der Waals surface area contributed by atoms with Gasteiger partial charge in [0.25, 0.3) is 0 Å². The Labute approximate surface area is 165 Å². The van der Waals surface area contributed by atoms with Crippen molar-refractivity contribution in [1.82, 2.24) is 9.55 Å². The molecule has 4 nitrogen and oxygen atoms in total. The highest BCUT2D eigenvalue weighted by molar-refractivity contribution is 6.30. The number of carbonyl (C=O) groups excluding carboxylic acids is 1. The summed E-state index contributed by atoms with van der Waals surface area (Å²) >= 11 is 6.02. The summed E-state index contributed by atoms with van der Waals surface area (Å²) in [7, 11) is 0. The van der Waals surface area contributed by atoms with E-state index in [1.807, 2.05) is 49.4 Å². The molecule has 2 aromatic carbocycles. The largest absolute Gasteiger partial charge is 0.466 e. The molecule has 0 unspecified atom stereocenters. The summed E-state index contributed by atoms with van der Waals surface area (Å²) in [6.07, 6.45) is 1.05. The van der Waals surface area contributed by atoms with Crippen molar-refractivity contribution in [2.24, 2.45) is 5.41 Å². The number of fused-ring (bicyclic) bond motifs is 1. The fourth-order valence-electron chi connectivity index (χ4n) is 3.30. The molecule has 0 aliphatic heterocycles. The third-order valence-electron chi connectivity index (χ3n) is 4.55. The Balaban J connectivity index is 1.92. The number of hydrogen-bond acceptors (Lipinski definition) is 3. The summed E-state index contributed by atoms with van der Waals surface area (Å²) in [5, 5.41) is 0.727. The lowest BCUT2D eigenvalue weighted by molar-refractivity contribution is -0.145. The van der Waals surface area contributed by atoms with E-state index in [1.165, 1.54) is 0 Å². The first-order chi connectivity index (χ1) is 12.9. The first-order valence-corrected chi connectivity index (χ1v) is 9.60. The van der Waals surface area contributed by atoms with Crippen molar-refractivity contribution >= 4 is 28.6 Å². The molecule has 0 radical (unpaired) electrons. The van der Waals surface area contributed by atoms with Crippen LogP contribution in [0, 0.1) is 5.41 Å². The van der Waals surface area contributed by atoms with Crippen LogP contribution < -0.4 is 0 Å². The number of imidazole rings is 1. The van der Waals surface area contributed by atoms with Crippen molar-refractivity contribution in [3.05, 3.63) is 64.9 Å². The molecular formula is C22H25ClN2O2. The molecule has 1 heterocycles. The number of benzene rings is 2. The summed E-state index contributed by atoms with van der Waals surface area (Å²) in [4.78, 5) is 16.8. The zero-order valence-electron chi connectivity index (χ0n) is 16.0. The van der Waals surface area contributed by atoms with Gasteiger partial charge in [0, 0.05) is 18.0 Å². The van der Waals surface area contributed by atoms with Gasteiger partial charge in [-0.1, -0.05) is 49.7 Å². The molecule has 0 spiro atoms. The van der Waals surface area contributed by atoms with Crippen molar-refractivity contribution in [2.75, 3.05) is 6.61 Å². The van der Waals surface area contributed by atoms with Crippen molar-refractivity contribution in [2.45, 2.75) is 40.2 Å². The number of nitrogens with zero attached hydrogens (tertiary/aromatic N) is 2. The Morgan fingerprint density at radius 3 is 2.56 bits per heavy atom.